The van der Waals surface area contributed by atoms with Crippen molar-refractivity contribution in [2.45, 2.75) is 44.2 Å². The van der Waals surface area contributed by atoms with E-state index in [0.29, 0.717) is 5.13 Å². The minimum absolute atomic E-state index is 0.102. The third kappa shape index (κ3) is 4.49. The van der Waals surface area contributed by atoms with Crippen LogP contribution in [0, 0.1) is 5.92 Å². The van der Waals surface area contributed by atoms with E-state index in [2.05, 4.69) is 10.3 Å². The molecule has 2 aromatic rings. The lowest BCUT2D eigenvalue weighted by Gasteiger charge is -2.31. The smallest absolute Gasteiger partial charge is 0.251 e. The van der Waals surface area contributed by atoms with Crippen LogP contribution in [0.4, 0.5) is 5.13 Å². The Balaban J connectivity index is 1.40. The van der Waals surface area contributed by atoms with E-state index < -0.39 is 12.1 Å². The minimum atomic E-state index is -0.679. The first-order valence-corrected chi connectivity index (χ1v) is 11.0. The summed E-state index contributed by atoms with van der Waals surface area (Å²) in [6.45, 7) is 0.274. The molecular weight excluding hydrogens is 388 g/mol. The highest BCUT2D eigenvalue weighted by molar-refractivity contribution is 7.14. The number of amides is 2. The van der Waals surface area contributed by atoms with Crippen molar-refractivity contribution >= 4 is 28.3 Å². The lowest BCUT2D eigenvalue weighted by Crippen LogP contribution is -2.53. The van der Waals surface area contributed by atoms with Crippen LogP contribution in [0.15, 0.2) is 35.7 Å². The van der Waals surface area contributed by atoms with Crippen molar-refractivity contribution < 1.29 is 14.3 Å². The van der Waals surface area contributed by atoms with Crippen LogP contribution in [-0.2, 0) is 14.3 Å². The zero-order chi connectivity index (χ0) is 20.2. The summed E-state index contributed by atoms with van der Waals surface area (Å²) in [5.74, 6) is -0.299. The van der Waals surface area contributed by atoms with Crippen molar-refractivity contribution in [2.24, 2.45) is 11.7 Å². The number of carbonyl (C=O) groups excluding carboxylic acids is 2. The van der Waals surface area contributed by atoms with E-state index in [1.165, 1.54) is 22.7 Å². The van der Waals surface area contributed by atoms with Gasteiger partial charge in [0.15, 0.2) is 5.13 Å². The van der Waals surface area contributed by atoms with Gasteiger partial charge in [0.1, 0.15) is 12.8 Å². The normalized spacial score (nSPS) is 21.1. The second kappa shape index (κ2) is 9.02. The number of hydrogen-bond acceptors (Lipinski definition) is 6. The number of nitrogens with zero attached hydrogens (tertiary/aromatic N) is 2. The largest absolute Gasteiger partial charge is 0.358 e. The van der Waals surface area contributed by atoms with Crippen LogP contribution < -0.4 is 11.1 Å². The molecule has 29 heavy (non-hydrogen) atoms. The highest BCUT2D eigenvalue weighted by Gasteiger charge is 2.39. The van der Waals surface area contributed by atoms with Gasteiger partial charge in [-0.25, -0.2) is 4.98 Å². The van der Waals surface area contributed by atoms with Gasteiger partial charge in [-0.1, -0.05) is 49.6 Å². The van der Waals surface area contributed by atoms with Crippen LogP contribution >= 0.6 is 11.3 Å². The number of nitrogens with one attached hydrogen (secondary N) is 1. The monoisotopic (exact) mass is 414 g/mol. The van der Waals surface area contributed by atoms with E-state index in [4.69, 9.17) is 10.5 Å². The standard InChI is InChI=1S/C21H26N4O3S/c22-18(15-9-5-2-6-10-15)20(27)25-13-28-11-17(25)19(26)24-21-23-16(12-29-21)14-7-3-1-4-8-14/h1,3-4,7-8,12,15,17-18H,2,5-6,9-11,13,22H2,(H,23,24,26)/t17-,18+/m0/s1. The molecule has 1 aliphatic carbocycles. The van der Waals surface area contributed by atoms with Crippen molar-refractivity contribution in [3.63, 3.8) is 0 Å². The Kier molecular flexibility index (Phi) is 6.22. The fourth-order valence-electron chi connectivity index (χ4n) is 4.02. The van der Waals surface area contributed by atoms with Gasteiger partial charge in [-0.15, -0.1) is 11.3 Å². The average Bonchev–Trinajstić information content (AvgIpc) is 3.44. The Bertz CT molecular complexity index is 851. The lowest BCUT2D eigenvalue weighted by atomic mass is 9.83. The molecule has 1 saturated carbocycles. The van der Waals surface area contributed by atoms with E-state index in [0.717, 1.165) is 36.9 Å². The number of aromatic nitrogens is 1. The first kappa shape index (κ1) is 20.0. The Hall–Kier alpha value is -2.29. The summed E-state index contributed by atoms with van der Waals surface area (Å²) in [4.78, 5) is 31.7. The summed E-state index contributed by atoms with van der Waals surface area (Å²) in [6, 6.07) is 8.53. The maximum Gasteiger partial charge on any atom is 0.251 e. The van der Waals surface area contributed by atoms with E-state index >= 15 is 0 Å². The SMILES string of the molecule is N[C@@H](C(=O)N1COC[C@H]1C(=O)Nc1nc(-c2ccccc2)cs1)C1CCCCC1. The van der Waals surface area contributed by atoms with Gasteiger partial charge in [-0.2, -0.15) is 0 Å². The molecule has 2 atom stereocenters. The molecular formula is C21H26N4O3S. The first-order chi connectivity index (χ1) is 14.1. The van der Waals surface area contributed by atoms with Gasteiger partial charge in [0.2, 0.25) is 5.91 Å². The number of thiazole rings is 1. The molecule has 4 rings (SSSR count). The summed E-state index contributed by atoms with van der Waals surface area (Å²) in [5, 5.41) is 5.24. The predicted molar refractivity (Wildman–Crippen MR) is 112 cm³/mol. The summed E-state index contributed by atoms with van der Waals surface area (Å²) < 4.78 is 5.43. The zero-order valence-electron chi connectivity index (χ0n) is 16.3. The van der Waals surface area contributed by atoms with Gasteiger partial charge >= 0.3 is 0 Å². The number of anilines is 1. The van der Waals surface area contributed by atoms with Crippen LogP contribution in [0.1, 0.15) is 32.1 Å². The van der Waals surface area contributed by atoms with E-state index in [-0.39, 0.29) is 31.1 Å². The molecule has 2 heterocycles. The number of nitrogens with two attached hydrogens (primary N) is 1. The number of hydrogen-bond donors (Lipinski definition) is 2. The van der Waals surface area contributed by atoms with E-state index in [1.54, 1.807) is 0 Å². The second-order valence-corrected chi connectivity index (χ2v) is 8.50. The summed E-state index contributed by atoms with van der Waals surface area (Å²) in [5.41, 5.74) is 8.06. The minimum Gasteiger partial charge on any atom is -0.358 e. The summed E-state index contributed by atoms with van der Waals surface area (Å²) >= 11 is 1.36. The fraction of sp³-hybridized carbons (Fsp3) is 0.476. The molecule has 0 bridgehead atoms. The van der Waals surface area contributed by atoms with Crippen LogP contribution in [0.25, 0.3) is 11.3 Å². The Morgan fingerprint density at radius 1 is 1.21 bits per heavy atom. The van der Waals surface area contributed by atoms with Gasteiger partial charge < -0.3 is 20.7 Å². The van der Waals surface area contributed by atoms with Crippen LogP contribution in [-0.4, -0.2) is 47.1 Å². The molecule has 0 unspecified atom stereocenters. The highest BCUT2D eigenvalue weighted by atomic mass is 32.1. The first-order valence-electron chi connectivity index (χ1n) is 10.1. The molecule has 2 aliphatic rings. The maximum atomic E-state index is 12.9. The molecule has 8 heteroatoms. The Morgan fingerprint density at radius 2 is 1.97 bits per heavy atom. The van der Waals surface area contributed by atoms with Crippen molar-refractivity contribution in [1.82, 2.24) is 9.88 Å². The number of ether oxygens (including phenoxy) is 1. The average molecular weight is 415 g/mol. The molecule has 2 fully saturated rings. The quantitative estimate of drug-likeness (QED) is 0.784. The van der Waals surface area contributed by atoms with E-state index in [1.807, 2.05) is 35.7 Å². The number of rotatable bonds is 5. The fourth-order valence-corrected chi connectivity index (χ4v) is 4.75. The number of carbonyl (C=O) groups is 2. The van der Waals surface area contributed by atoms with Crippen molar-refractivity contribution in [3.8, 4) is 11.3 Å². The van der Waals surface area contributed by atoms with Gasteiger partial charge in [0, 0.05) is 10.9 Å². The van der Waals surface area contributed by atoms with Crippen molar-refractivity contribution in [2.75, 3.05) is 18.7 Å². The van der Waals surface area contributed by atoms with E-state index in [9.17, 15) is 9.59 Å². The lowest BCUT2D eigenvalue weighted by molar-refractivity contribution is -0.139. The molecule has 2 amide bonds. The molecule has 0 spiro atoms. The summed E-state index contributed by atoms with van der Waals surface area (Å²) in [7, 11) is 0. The third-order valence-corrected chi connectivity index (χ3v) is 6.47. The van der Waals surface area contributed by atoms with Crippen LogP contribution in [0.5, 0.6) is 0 Å². The Morgan fingerprint density at radius 3 is 2.72 bits per heavy atom. The molecule has 1 aliphatic heterocycles. The van der Waals surface area contributed by atoms with Gasteiger partial charge in [0.05, 0.1) is 18.3 Å². The molecule has 7 nitrogen and oxygen atoms in total. The maximum absolute atomic E-state index is 12.9. The predicted octanol–water partition coefficient (Wildman–Crippen LogP) is 2.84. The highest BCUT2D eigenvalue weighted by Crippen LogP contribution is 2.28. The Labute approximate surface area is 174 Å². The van der Waals surface area contributed by atoms with Crippen molar-refractivity contribution in [1.29, 1.82) is 0 Å². The van der Waals surface area contributed by atoms with Crippen molar-refractivity contribution in [3.05, 3.63) is 35.7 Å². The summed E-state index contributed by atoms with van der Waals surface area (Å²) in [6.07, 6.45) is 5.37. The molecule has 1 aromatic heterocycles. The number of benzene rings is 1. The van der Waals surface area contributed by atoms with Gasteiger partial charge in [-0.3, -0.25) is 9.59 Å². The van der Waals surface area contributed by atoms with Crippen LogP contribution in [0.2, 0.25) is 0 Å². The molecule has 3 N–H and O–H groups in total. The van der Waals surface area contributed by atoms with Gasteiger partial charge in [0.25, 0.3) is 5.91 Å². The molecule has 154 valence electrons. The molecule has 1 saturated heterocycles. The topological polar surface area (TPSA) is 97.5 Å². The zero-order valence-corrected chi connectivity index (χ0v) is 17.1. The molecule has 0 radical (unpaired) electrons. The van der Waals surface area contributed by atoms with Gasteiger partial charge in [-0.05, 0) is 18.8 Å². The molecule has 1 aromatic carbocycles. The van der Waals surface area contributed by atoms with Crippen LogP contribution in [0.3, 0.4) is 0 Å². The second-order valence-electron chi connectivity index (χ2n) is 7.64. The third-order valence-electron chi connectivity index (χ3n) is 5.71.